The number of carbonyl (C=O) groups excluding carboxylic acids is 1. The zero-order valence-corrected chi connectivity index (χ0v) is 13.8. The molecule has 0 saturated carbocycles. The Morgan fingerprint density at radius 3 is 2.65 bits per heavy atom. The second-order valence-corrected chi connectivity index (χ2v) is 6.50. The summed E-state index contributed by atoms with van der Waals surface area (Å²) in [6, 6.07) is 10.0. The minimum absolute atomic E-state index is 0.0439. The Kier molecular flexibility index (Phi) is 3.96. The molecular weight excluding hydrogens is 371 g/mol. The summed E-state index contributed by atoms with van der Waals surface area (Å²) in [5.41, 5.74) is 0.990. The lowest BCUT2D eigenvalue weighted by molar-refractivity contribution is -0.137. The standard InChI is InChI=1S/C17H13BrF3NO/c1-10-7-12-9-14(18)5-6-15(12)22(10)16(23)11-3-2-4-13(8-11)17(19,20)21/h2-6,8-10H,7H2,1H3. The van der Waals surface area contributed by atoms with E-state index in [1.165, 1.54) is 12.1 Å². The second kappa shape index (κ2) is 5.67. The van der Waals surface area contributed by atoms with E-state index in [2.05, 4.69) is 15.9 Å². The van der Waals surface area contributed by atoms with Crippen molar-refractivity contribution in [2.24, 2.45) is 0 Å². The molecule has 0 bridgehead atoms. The highest BCUT2D eigenvalue weighted by atomic mass is 79.9. The summed E-state index contributed by atoms with van der Waals surface area (Å²) < 4.78 is 39.4. The van der Waals surface area contributed by atoms with E-state index in [4.69, 9.17) is 0 Å². The largest absolute Gasteiger partial charge is 0.416 e. The summed E-state index contributed by atoms with van der Waals surface area (Å²) >= 11 is 3.39. The lowest BCUT2D eigenvalue weighted by Crippen LogP contribution is -2.35. The van der Waals surface area contributed by atoms with Gasteiger partial charge in [-0.2, -0.15) is 13.2 Å². The highest BCUT2D eigenvalue weighted by molar-refractivity contribution is 9.10. The quantitative estimate of drug-likeness (QED) is 0.673. The number of benzene rings is 2. The molecule has 0 fully saturated rings. The van der Waals surface area contributed by atoms with E-state index < -0.39 is 17.6 Å². The van der Waals surface area contributed by atoms with Crippen LogP contribution in [0.2, 0.25) is 0 Å². The molecule has 2 nitrogen and oxygen atoms in total. The Morgan fingerprint density at radius 1 is 1.22 bits per heavy atom. The van der Waals surface area contributed by atoms with Crippen LogP contribution in [0.15, 0.2) is 46.9 Å². The number of halogens is 4. The third-order valence-electron chi connectivity index (χ3n) is 3.91. The molecule has 1 aliphatic rings. The van der Waals surface area contributed by atoms with Gasteiger partial charge in [0, 0.05) is 21.8 Å². The first-order valence-corrected chi connectivity index (χ1v) is 7.86. The Bertz CT molecular complexity index is 773. The Labute approximate surface area is 140 Å². The molecule has 1 atom stereocenters. The Hall–Kier alpha value is -1.82. The maximum absolute atomic E-state index is 12.8. The number of hydrogen-bond acceptors (Lipinski definition) is 1. The average molecular weight is 384 g/mol. The predicted octanol–water partition coefficient (Wildman–Crippen LogP) is 5.06. The van der Waals surface area contributed by atoms with E-state index in [0.717, 1.165) is 27.9 Å². The molecule has 0 aromatic heterocycles. The smallest absolute Gasteiger partial charge is 0.305 e. The molecule has 1 unspecified atom stereocenters. The second-order valence-electron chi connectivity index (χ2n) is 5.58. The van der Waals surface area contributed by atoms with Crippen LogP contribution in [0.3, 0.4) is 0 Å². The molecule has 120 valence electrons. The van der Waals surface area contributed by atoms with Gasteiger partial charge in [-0.1, -0.05) is 22.0 Å². The van der Waals surface area contributed by atoms with Gasteiger partial charge in [0.25, 0.3) is 5.91 Å². The molecule has 1 amide bonds. The minimum atomic E-state index is -4.46. The van der Waals surface area contributed by atoms with Crippen LogP contribution in [0, 0.1) is 0 Å². The maximum Gasteiger partial charge on any atom is 0.416 e. The fraction of sp³-hybridized carbons (Fsp3) is 0.235. The molecule has 3 rings (SSSR count). The lowest BCUT2D eigenvalue weighted by atomic mass is 10.1. The van der Waals surface area contributed by atoms with Crippen LogP contribution in [0.25, 0.3) is 0 Å². The molecule has 1 heterocycles. The first-order valence-electron chi connectivity index (χ1n) is 7.06. The van der Waals surface area contributed by atoms with Gasteiger partial charge in [-0.3, -0.25) is 4.79 Å². The summed E-state index contributed by atoms with van der Waals surface area (Å²) in [4.78, 5) is 14.3. The molecule has 0 saturated heterocycles. The summed E-state index contributed by atoms with van der Waals surface area (Å²) in [6.45, 7) is 1.89. The number of alkyl halides is 3. The van der Waals surface area contributed by atoms with Crippen molar-refractivity contribution in [1.82, 2.24) is 0 Å². The third-order valence-corrected chi connectivity index (χ3v) is 4.41. The molecule has 0 spiro atoms. The van der Waals surface area contributed by atoms with Gasteiger partial charge in [-0.15, -0.1) is 0 Å². The zero-order valence-electron chi connectivity index (χ0n) is 12.2. The van der Waals surface area contributed by atoms with Gasteiger partial charge < -0.3 is 4.90 Å². The minimum Gasteiger partial charge on any atom is -0.305 e. The Balaban J connectivity index is 1.99. The van der Waals surface area contributed by atoms with Crippen LogP contribution in [0.4, 0.5) is 18.9 Å². The summed E-state index contributed by atoms with van der Waals surface area (Å²) in [6.07, 6.45) is -3.78. The monoisotopic (exact) mass is 383 g/mol. The van der Waals surface area contributed by atoms with E-state index in [1.807, 2.05) is 25.1 Å². The molecular formula is C17H13BrF3NO. The highest BCUT2D eigenvalue weighted by Gasteiger charge is 2.34. The maximum atomic E-state index is 12.8. The van der Waals surface area contributed by atoms with Crippen LogP contribution in [-0.2, 0) is 12.6 Å². The first-order chi connectivity index (χ1) is 10.8. The van der Waals surface area contributed by atoms with Gasteiger partial charge in [0.2, 0.25) is 0 Å². The summed E-state index contributed by atoms with van der Waals surface area (Å²) in [5, 5.41) is 0. The number of rotatable bonds is 1. The van der Waals surface area contributed by atoms with Gasteiger partial charge in [0.1, 0.15) is 0 Å². The number of hydrogen-bond donors (Lipinski definition) is 0. The molecule has 1 aliphatic heterocycles. The number of anilines is 1. The van der Waals surface area contributed by atoms with Gasteiger partial charge >= 0.3 is 6.18 Å². The van der Waals surface area contributed by atoms with E-state index in [-0.39, 0.29) is 11.6 Å². The van der Waals surface area contributed by atoms with Gasteiger partial charge in [-0.25, -0.2) is 0 Å². The van der Waals surface area contributed by atoms with Crippen LogP contribution < -0.4 is 4.90 Å². The SMILES string of the molecule is CC1Cc2cc(Br)ccc2N1C(=O)c1cccc(C(F)(F)F)c1. The van der Waals surface area contributed by atoms with Gasteiger partial charge in [0.15, 0.2) is 0 Å². The van der Waals surface area contributed by atoms with Crippen LogP contribution in [0.5, 0.6) is 0 Å². The molecule has 0 radical (unpaired) electrons. The predicted molar refractivity (Wildman–Crippen MR) is 85.6 cm³/mol. The van der Waals surface area contributed by atoms with Crippen molar-refractivity contribution in [3.05, 3.63) is 63.6 Å². The molecule has 2 aromatic rings. The van der Waals surface area contributed by atoms with Crippen LogP contribution in [-0.4, -0.2) is 11.9 Å². The first kappa shape index (κ1) is 16.1. The normalized spacial score (nSPS) is 17.3. The summed E-state index contributed by atoms with van der Waals surface area (Å²) in [5.74, 6) is -0.412. The fourth-order valence-electron chi connectivity index (χ4n) is 2.88. The van der Waals surface area contributed by atoms with Crippen molar-refractivity contribution in [2.45, 2.75) is 25.6 Å². The Morgan fingerprint density at radius 2 is 1.96 bits per heavy atom. The summed E-state index contributed by atoms with van der Waals surface area (Å²) in [7, 11) is 0. The lowest BCUT2D eigenvalue weighted by Gasteiger charge is -2.23. The van der Waals surface area contributed by atoms with E-state index in [1.54, 1.807) is 4.90 Å². The topological polar surface area (TPSA) is 20.3 Å². The molecule has 23 heavy (non-hydrogen) atoms. The van der Waals surface area contributed by atoms with Crippen molar-refractivity contribution in [3.63, 3.8) is 0 Å². The van der Waals surface area contributed by atoms with Crippen molar-refractivity contribution in [1.29, 1.82) is 0 Å². The number of amides is 1. The number of fused-ring (bicyclic) bond motifs is 1. The molecule has 2 aromatic carbocycles. The van der Waals surface area contributed by atoms with E-state index >= 15 is 0 Å². The number of nitrogens with zero attached hydrogens (tertiary/aromatic N) is 1. The van der Waals surface area contributed by atoms with Crippen molar-refractivity contribution in [2.75, 3.05) is 4.90 Å². The van der Waals surface area contributed by atoms with Crippen LogP contribution in [0.1, 0.15) is 28.4 Å². The third kappa shape index (κ3) is 3.00. The van der Waals surface area contributed by atoms with Gasteiger partial charge in [-0.05, 0) is 55.3 Å². The fourth-order valence-corrected chi connectivity index (χ4v) is 3.29. The van der Waals surface area contributed by atoms with E-state index in [9.17, 15) is 18.0 Å². The zero-order chi connectivity index (χ0) is 16.8. The van der Waals surface area contributed by atoms with Gasteiger partial charge in [0.05, 0.1) is 5.56 Å². The molecule has 6 heteroatoms. The number of carbonyl (C=O) groups is 1. The van der Waals surface area contributed by atoms with Crippen LogP contribution >= 0.6 is 15.9 Å². The molecule has 0 aliphatic carbocycles. The van der Waals surface area contributed by atoms with Crippen molar-refractivity contribution >= 4 is 27.5 Å². The molecule has 0 N–H and O–H groups in total. The average Bonchev–Trinajstić information content (AvgIpc) is 2.80. The van der Waals surface area contributed by atoms with Crippen molar-refractivity contribution in [3.8, 4) is 0 Å². The van der Waals surface area contributed by atoms with Crippen molar-refractivity contribution < 1.29 is 18.0 Å². The van der Waals surface area contributed by atoms with E-state index in [0.29, 0.717) is 6.42 Å². The highest BCUT2D eigenvalue weighted by Crippen LogP contribution is 2.36.